The van der Waals surface area contributed by atoms with Gasteiger partial charge in [-0.05, 0) is 42.8 Å². The maximum absolute atomic E-state index is 12.9. The molecule has 0 bridgehead atoms. The number of nitrogens with one attached hydrogen (secondary N) is 1. The lowest BCUT2D eigenvalue weighted by Gasteiger charge is -2.20. The van der Waals surface area contributed by atoms with E-state index in [1.165, 1.54) is 41.7 Å². The second-order valence-electron chi connectivity index (χ2n) is 6.76. The first kappa shape index (κ1) is 25.5. The van der Waals surface area contributed by atoms with Crippen molar-refractivity contribution >= 4 is 15.9 Å². The summed E-state index contributed by atoms with van der Waals surface area (Å²) in [7, 11) is -2.44. The zero-order chi connectivity index (χ0) is 24.1. The number of benzene rings is 2. The lowest BCUT2D eigenvalue weighted by atomic mass is 10.1. The third-order valence-corrected chi connectivity index (χ3v) is 6.77. The molecule has 0 saturated heterocycles. The number of hydrogen-bond donors (Lipinski definition) is 1. The Morgan fingerprint density at radius 1 is 1.09 bits per heavy atom. The van der Waals surface area contributed by atoms with Gasteiger partial charge in [0.15, 0.2) is 0 Å². The third kappa shape index (κ3) is 6.13. The van der Waals surface area contributed by atoms with Crippen LogP contribution in [-0.4, -0.2) is 45.2 Å². The maximum Gasteiger partial charge on any atom is 0.573 e. The second-order valence-corrected chi connectivity index (χ2v) is 8.70. The Kier molecular flexibility index (Phi) is 8.13. The van der Waals surface area contributed by atoms with Crippen LogP contribution in [0.5, 0.6) is 11.5 Å². The number of sulfonamides is 1. The van der Waals surface area contributed by atoms with E-state index in [4.69, 9.17) is 4.74 Å². The van der Waals surface area contributed by atoms with Crippen LogP contribution in [0.25, 0.3) is 0 Å². The molecule has 11 heteroatoms. The Bertz CT molecular complexity index is 1040. The zero-order valence-corrected chi connectivity index (χ0v) is 18.9. The molecule has 0 spiro atoms. The third-order valence-electron chi connectivity index (χ3n) is 4.72. The molecular weight excluding hydrogens is 449 g/mol. The predicted octanol–water partition coefficient (Wildman–Crippen LogP) is 4.12. The number of hydrogen-bond acceptors (Lipinski definition) is 5. The Hall–Kier alpha value is -2.79. The first-order chi connectivity index (χ1) is 14.9. The summed E-state index contributed by atoms with van der Waals surface area (Å²) in [4.78, 5) is 12.8. The van der Waals surface area contributed by atoms with Crippen molar-refractivity contribution in [2.24, 2.45) is 0 Å². The van der Waals surface area contributed by atoms with Gasteiger partial charge in [-0.3, -0.25) is 4.79 Å². The Morgan fingerprint density at radius 3 is 2.19 bits per heavy atom. The minimum Gasteiger partial charge on any atom is -0.496 e. The highest BCUT2D eigenvalue weighted by Gasteiger charge is 2.31. The van der Waals surface area contributed by atoms with Gasteiger partial charge in [0.25, 0.3) is 5.91 Å². The molecule has 176 valence electrons. The van der Waals surface area contributed by atoms with Gasteiger partial charge < -0.3 is 14.8 Å². The van der Waals surface area contributed by atoms with E-state index in [1.807, 2.05) is 0 Å². The number of carbonyl (C=O) groups excluding carboxylic acids is 1. The standard InChI is InChI=1S/C21H25F3N2O5S/c1-5-26(6-2)32(28,29)17-11-12-19(30-4)18(13-17)20(27)25-14(3)15-7-9-16(10-8-15)31-21(22,23)24/h7-14H,5-6H2,1-4H3,(H,25,27). The number of ether oxygens (including phenoxy) is 2. The van der Waals surface area contributed by atoms with Gasteiger partial charge in [-0.15, -0.1) is 13.2 Å². The molecule has 1 N–H and O–H groups in total. The van der Waals surface area contributed by atoms with E-state index < -0.39 is 28.3 Å². The van der Waals surface area contributed by atoms with Crippen LogP contribution in [0.4, 0.5) is 13.2 Å². The molecule has 0 aromatic heterocycles. The van der Waals surface area contributed by atoms with Crippen molar-refractivity contribution < 1.29 is 35.9 Å². The van der Waals surface area contributed by atoms with Gasteiger partial charge in [-0.25, -0.2) is 8.42 Å². The molecule has 0 radical (unpaired) electrons. The highest BCUT2D eigenvalue weighted by Crippen LogP contribution is 2.27. The molecule has 0 aliphatic carbocycles. The molecule has 2 aromatic carbocycles. The molecule has 32 heavy (non-hydrogen) atoms. The fourth-order valence-electron chi connectivity index (χ4n) is 3.05. The van der Waals surface area contributed by atoms with E-state index in [-0.39, 0.29) is 35.0 Å². The number of carbonyl (C=O) groups is 1. The van der Waals surface area contributed by atoms with Crippen LogP contribution < -0.4 is 14.8 Å². The molecule has 0 saturated carbocycles. The molecular formula is C21H25F3N2O5S. The summed E-state index contributed by atoms with van der Waals surface area (Å²) in [6.07, 6.45) is -4.80. The van der Waals surface area contributed by atoms with Crippen molar-refractivity contribution in [2.45, 2.75) is 38.1 Å². The smallest absolute Gasteiger partial charge is 0.496 e. The summed E-state index contributed by atoms with van der Waals surface area (Å²) in [5, 5.41) is 2.70. The van der Waals surface area contributed by atoms with Gasteiger partial charge in [-0.1, -0.05) is 26.0 Å². The lowest BCUT2D eigenvalue weighted by molar-refractivity contribution is -0.274. The minimum atomic E-state index is -4.80. The number of alkyl halides is 3. The number of rotatable bonds is 9. The molecule has 0 aliphatic rings. The van der Waals surface area contributed by atoms with Gasteiger partial charge in [0, 0.05) is 13.1 Å². The van der Waals surface area contributed by atoms with Gasteiger partial charge in [0.1, 0.15) is 11.5 Å². The van der Waals surface area contributed by atoms with Crippen molar-refractivity contribution in [3.8, 4) is 11.5 Å². The van der Waals surface area contributed by atoms with Crippen molar-refractivity contribution in [3.63, 3.8) is 0 Å². The van der Waals surface area contributed by atoms with Crippen molar-refractivity contribution in [1.29, 1.82) is 0 Å². The molecule has 2 aromatic rings. The van der Waals surface area contributed by atoms with Crippen molar-refractivity contribution in [1.82, 2.24) is 9.62 Å². The fraction of sp³-hybridized carbons (Fsp3) is 0.381. The normalized spacial score (nSPS) is 13.0. The van der Waals surface area contributed by atoms with Crippen LogP contribution in [0.3, 0.4) is 0 Å². The predicted molar refractivity (Wildman–Crippen MR) is 112 cm³/mol. The van der Waals surface area contributed by atoms with E-state index in [2.05, 4.69) is 10.1 Å². The fourth-order valence-corrected chi connectivity index (χ4v) is 4.54. The van der Waals surface area contributed by atoms with Crippen LogP contribution in [0.1, 0.15) is 42.7 Å². The van der Waals surface area contributed by atoms with Gasteiger partial charge in [0.05, 0.1) is 23.6 Å². The molecule has 1 atom stereocenters. The van der Waals surface area contributed by atoms with Crippen LogP contribution in [0.15, 0.2) is 47.4 Å². The summed E-state index contributed by atoms with van der Waals surface area (Å²) in [5.41, 5.74) is 0.545. The van der Waals surface area contributed by atoms with Crippen LogP contribution in [0, 0.1) is 0 Å². The van der Waals surface area contributed by atoms with Gasteiger partial charge >= 0.3 is 6.36 Å². The molecule has 0 aliphatic heterocycles. The molecule has 0 heterocycles. The van der Waals surface area contributed by atoms with Crippen molar-refractivity contribution in [2.75, 3.05) is 20.2 Å². The highest BCUT2D eigenvalue weighted by molar-refractivity contribution is 7.89. The van der Waals surface area contributed by atoms with Crippen LogP contribution in [-0.2, 0) is 10.0 Å². The van der Waals surface area contributed by atoms with E-state index in [0.29, 0.717) is 5.56 Å². The summed E-state index contributed by atoms with van der Waals surface area (Å²) in [5.74, 6) is -0.792. The Balaban J connectivity index is 2.27. The average molecular weight is 475 g/mol. The van der Waals surface area contributed by atoms with E-state index in [0.717, 1.165) is 12.1 Å². The number of halogens is 3. The first-order valence-corrected chi connectivity index (χ1v) is 11.2. The SMILES string of the molecule is CCN(CC)S(=O)(=O)c1ccc(OC)c(C(=O)NC(C)c2ccc(OC(F)(F)F)cc2)c1. The van der Waals surface area contributed by atoms with E-state index >= 15 is 0 Å². The summed E-state index contributed by atoms with van der Waals surface area (Å²) >= 11 is 0. The molecule has 7 nitrogen and oxygen atoms in total. The van der Waals surface area contributed by atoms with Crippen LogP contribution >= 0.6 is 0 Å². The summed E-state index contributed by atoms with van der Waals surface area (Å²) in [6, 6.07) is 8.50. The van der Waals surface area contributed by atoms with E-state index in [1.54, 1.807) is 20.8 Å². The Labute approximate surface area is 185 Å². The van der Waals surface area contributed by atoms with Crippen LogP contribution in [0.2, 0.25) is 0 Å². The monoisotopic (exact) mass is 474 g/mol. The number of methoxy groups -OCH3 is 1. The first-order valence-electron chi connectivity index (χ1n) is 9.77. The quantitative estimate of drug-likeness (QED) is 0.591. The molecule has 2 rings (SSSR count). The molecule has 1 amide bonds. The highest BCUT2D eigenvalue weighted by atomic mass is 32.2. The number of nitrogens with zero attached hydrogens (tertiary/aromatic N) is 1. The zero-order valence-electron chi connectivity index (χ0n) is 18.1. The maximum atomic E-state index is 12.9. The number of amides is 1. The second kappa shape index (κ2) is 10.2. The average Bonchev–Trinajstić information content (AvgIpc) is 2.73. The van der Waals surface area contributed by atoms with Gasteiger partial charge in [0.2, 0.25) is 10.0 Å². The van der Waals surface area contributed by atoms with Crippen molar-refractivity contribution in [3.05, 3.63) is 53.6 Å². The van der Waals surface area contributed by atoms with Gasteiger partial charge in [-0.2, -0.15) is 4.31 Å². The summed E-state index contributed by atoms with van der Waals surface area (Å²) in [6.45, 7) is 5.62. The van der Waals surface area contributed by atoms with E-state index in [9.17, 15) is 26.4 Å². The summed E-state index contributed by atoms with van der Waals surface area (Å²) < 4.78 is 72.8. The topological polar surface area (TPSA) is 84.9 Å². The Morgan fingerprint density at radius 2 is 1.69 bits per heavy atom. The largest absolute Gasteiger partial charge is 0.573 e. The lowest BCUT2D eigenvalue weighted by Crippen LogP contribution is -2.31. The molecule has 0 fully saturated rings. The molecule has 1 unspecified atom stereocenters. The minimum absolute atomic E-state index is 0.0182.